The van der Waals surface area contributed by atoms with Gasteiger partial charge in [0.05, 0.1) is 12.7 Å². The molecule has 1 saturated carbocycles. The predicted molar refractivity (Wildman–Crippen MR) is 168 cm³/mol. The topological polar surface area (TPSA) is 15.7 Å². The standard InChI is InChI=1S/C34H42Cl2N2OS/c35-31-10-9-28(33(36)18-31)19-38-21-30(32(22-38)29-13-16-40-24-29)20-37-14-11-25(12-15-37)17-34(27-7-4-8-27)39-23-26-5-2-1-3-6-26/h1-3,5-6,9-10,13,16,18,24-25,27,30,32,34H,4,7-8,11-12,14-15,17,19-23H2/t30?,32?,34-/m0/s1. The van der Waals surface area contributed by atoms with E-state index in [4.69, 9.17) is 27.9 Å². The third kappa shape index (κ3) is 7.32. The maximum absolute atomic E-state index is 6.57. The van der Waals surface area contributed by atoms with E-state index in [0.29, 0.717) is 23.0 Å². The predicted octanol–water partition coefficient (Wildman–Crippen LogP) is 8.76. The summed E-state index contributed by atoms with van der Waals surface area (Å²) in [5.41, 5.74) is 3.98. The van der Waals surface area contributed by atoms with Gasteiger partial charge in [-0.2, -0.15) is 11.3 Å². The highest BCUT2D eigenvalue weighted by molar-refractivity contribution is 7.08. The van der Waals surface area contributed by atoms with Crippen molar-refractivity contribution in [2.75, 3.05) is 32.7 Å². The van der Waals surface area contributed by atoms with E-state index in [1.54, 1.807) is 0 Å². The molecule has 3 aromatic rings. The van der Waals surface area contributed by atoms with Crippen LogP contribution in [0.3, 0.4) is 0 Å². The van der Waals surface area contributed by atoms with E-state index < -0.39 is 0 Å². The number of piperidine rings is 1. The molecule has 1 aliphatic carbocycles. The van der Waals surface area contributed by atoms with Gasteiger partial charge in [0.15, 0.2) is 0 Å². The molecule has 214 valence electrons. The second-order valence-electron chi connectivity index (χ2n) is 12.4. The van der Waals surface area contributed by atoms with Crippen LogP contribution in [-0.2, 0) is 17.9 Å². The molecule has 2 aromatic carbocycles. The fourth-order valence-corrected chi connectivity index (χ4v) is 8.27. The monoisotopic (exact) mass is 596 g/mol. The van der Waals surface area contributed by atoms with Crippen LogP contribution < -0.4 is 0 Å². The highest BCUT2D eigenvalue weighted by atomic mass is 35.5. The summed E-state index contributed by atoms with van der Waals surface area (Å²) in [6.45, 7) is 7.49. The average molecular weight is 598 g/mol. The van der Waals surface area contributed by atoms with Gasteiger partial charge in [-0.05, 0) is 109 Å². The number of hydrogen-bond acceptors (Lipinski definition) is 4. The van der Waals surface area contributed by atoms with Gasteiger partial charge in [0.25, 0.3) is 0 Å². The summed E-state index contributed by atoms with van der Waals surface area (Å²) in [6, 6.07) is 18.9. The summed E-state index contributed by atoms with van der Waals surface area (Å²) in [4.78, 5) is 5.35. The Labute approximate surface area is 254 Å². The van der Waals surface area contributed by atoms with Gasteiger partial charge in [0, 0.05) is 42.1 Å². The zero-order chi connectivity index (χ0) is 27.3. The molecule has 6 heteroatoms. The van der Waals surface area contributed by atoms with Crippen LogP contribution in [0.25, 0.3) is 0 Å². The van der Waals surface area contributed by atoms with Gasteiger partial charge >= 0.3 is 0 Å². The first kappa shape index (κ1) is 28.7. The van der Waals surface area contributed by atoms with Crippen LogP contribution in [-0.4, -0.2) is 48.6 Å². The molecule has 3 atom stereocenters. The first-order chi connectivity index (χ1) is 19.6. The zero-order valence-corrected chi connectivity index (χ0v) is 25.7. The Morgan fingerprint density at radius 3 is 2.45 bits per heavy atom. The molecule has 3 aliphatic rings. The third-order valence-corrected chi connectivity index (χ3v) is 10.9. The molecule has 2 saturated heterocycles. The number of rotatable bonds is 11. The van der Waals surface area contributed by atoms with Crippen molar-refractivity contribution in [3.63, 3.8) is 0 Å². The number of likely N-dealkylation sites (tertiary alicyclic amines) is 2. The molecule has 0 N–H and O–H groups in total. The van der Waals surface area contributed by atoms with Gasteiger partial charge in [0.1, 0.15) is 0 Å². The minimum atomic E-state index is 0.427. The highest BCUT2D eigenvalue weighted by Crippen LogP contribution is 2.39. The van der Waals surface area contributed by atoms with E-state index in [1.165, 1.54) is 74.8 Å². The third-order valence-electron chi connectivity index (χ3n) is 9.65. The van der Waals surface area contributed by atoms with Gasteiger partial charge in [-0.25, -0.2) is 0 Å². The maximum atomic E-state index is 6.57. The van der Waals surface area contributed by atoms with Crippen LogP contribution >= 0.6 is 34.5 Å². The molecule has 2 aliphatic heterocycles. The van der Waals surface area contributed by atoms with Crippen LogP contribution in [0.1, 0.15) is 61.1 Å². The molecule has 0 bridgehead atoms. The second kappa shape index (κ2) is 13.7. The molecule has 3 heterocycles. The summed E-state index contributed by atoms with van der Waals surface area (Å²) in [6.07, 6.45) is 8.35. The Morgan fingerprint density at radius 1 is 0.925 bits per heavy atom. The largest absolute Gasteiger partial charge is 0.373 e. The Kier molecular flexibility index (Phi) is 9.84. The molecule has 0 spiro atoms. The average Bonchev–Trinajstić information content (AvgIpc) is 3.60. The van der Waals surface area contributed by atoms with Crippen LogP contribution in [0.5, 0.6) is 0 Å². The highest BCUT2D eigenvalue weighted by Gasteiger charge is 2.37. The van der Waals surface area contributed by atoms with Crippen molar-refractivity contribution in [3.8, 4) is 0 Å². The Balaban J connectivity index is 1.02. The number of ether oxygens (including phenoxy) is 1. The van der Waals surface area contributed by atoms with Gasteiger partial charge < -0.3 is 9.64 Å². The van der Waals surface area contributed by atoms with Gasteiger partial charge in [0.2, 0.25) is 0 Å². The summed E-state index contributed by atoms with van der Waals surface area (Å²) in [5, 5.41) is 6.07. The smallest absolute Gasteiger partial charge is 0.0720 e. The lowest BCUT2D eigenvalue weighted by atomic mass is 9.76. The first-order valence-corrected chi connectivity index (χ1v) is 16.9. The first-order valence-electron chi connectivity index (χ1n) is 15.2. The molecule has 3 nitrogen and oxygen atoms in total. The number of thiophene rings is 1. The lowest BCUT2D eigenvalue weighted by molar-refractivity contribution is -0.0421. The molecular weight excluding hydrogens is 555 g/mol. The van der Waals surface area contributed by atoms with Crippen LogP contribution in [0.2, 0.25) is 10.0 Å². The van der Waals surface area contributed by atoms with Crippen molar-refractivity contribution in [2.24, 2.45) is 17.8 Å². The second-order valence-corrected chi connectivity index (χ2v) is 14.0. The van der Waals surface area contributed by atoms with Crippen molar-refractivity contribution >= 4 is 34.5 Å². The number of nitrogens with zero attached hydrogens (tertiary/aromatic N) is 2. The van der Waals surface area contributed by atoms with E-state index in [0.717, 1.165) is 43.1 Å². The van der Waals surface area contributed by atoms with Gasteiger partial charge in [-0.3, -0.25) is 4.90 Å². The number of benzene rings is 2. The minimum absolute atomic E-state index is 0.427. The van der Waals surface area contributed by atoms with Crippen LogP contribution in [0, 0.1) is 17.8 Å². The molecule has 40 heavy (non-hydrogen) atoms. The van der Waals surface area contributed by atoms with E-state index in [-0.39, 0.29) is 0 Å². The molecule has 0 radical (unpaired) electrons. The SMILES string of the molecule is Clc1ccc(CN2CC(CN3CCC(C[C@H](OCc4ccccc4)C4CCC4)CC3)C(c3ccsc3)C2)c(Cl)c1. The van der Waals surface area contributed by atoms with Crippen molar-refractivity contribution in [1.29, 1.82) is 0 Å². The minimum Gasteiger partial charge on any atom is -0.373 e. The fourth-order valence-electron chi connectivity index (χ4n) is 7.08. The Bertz CT molecular complexity index is 1190. The van der Waals surface area contributed by atoms with Crippen molar-refractivity contribution in [2.45, 2.75) is 63.7 Å². The number of halogens is 2. The maximum Gasteiger partial charge on any atom is 0.0720 e. The molecule has 1 aromatic heterocycles. The zero-order valence-electron chi connectivity index (χ0n) is 23.4. The fraction of sp³-hybridized carbons (Fsp3) is 0.529. The van der Waals surface area contributed by atoms with E-state index in [9.17, 15) is 0 Å². The summed E-state index contributed by atoms with van der Waals surface area (Å²) in [5.74, 6) is 2.79. The van der Waals surface area contributed by atoms with Crippen molar-refractivity contribution in [1.82, 2.24) is 9.80 Å². The molecule has 3 fully saturated rings. The molecule has 2 unspecified atom stereocenters. The van der Waals surface area contributed by atoms with E-state index in [1.807, 2.05) is 23.5 Å². The summed E-state index contributed by atoms with van der Waals surface area (Å²) < 4.78 is 6.57. The summed E-state index contributed by atoms with van der Waals surface area (Å²) >= 11 is 14.5. The summed E-state index contributed by atoms with van der Waals surface area (Å²) in [7, 11) is 0. The quantitative estimate of drug-likeness (QED) is 0.220. The van der Waals surface area contributed by atoms with E-state index in [2.05, 4.69) is 63.0 Å². The number of hydrogen-bond donors (Lipinski definition) is 0. The van der Waals surface area contributed by atoms with Crippen LogP contribution in [0.4, 0.5) is 0 Å². The molecule has 0 amide bonds. The molecule has 6 rings (SSSR count). The lowest BCUT2D eigenvalue weighted by Gasteiger charge is -2.39. The van der Waals surface area contributed by atoms with Gasteiger partial charge in [-0.1, -0.05) is 66.0 Å². The Hall–Kier alpha value is -1.40. The Morgan fingerprint density at radius 2 is 1.75 bits per heavy atom. The van der Waals surface area contributed by atoms with Crippen LogP contribution in [0.15, 0.2) is 65.4 Å². The van der Waals surface area contributed by atoms with Crippen molar-refractivity contribution in [3.05, 3.63) is 92.1 Å². The lowest BCUT2D eigenvalue weighted by Crippen LogP contribution is -2.40. The van der Waals surface area contributed by atoms with Gasteiger partial charge in [-0.15, -0.1) is 0 Å². The van der Waals surface area contributed by atoms with Crippen molar-refractivity contribution < 1.29 is 4.74 Å². The van der Waals surface area contributed by atoms with E-state index >= 15 is 0 Å². The normalized spacial score (nSPS) is 23.9. The molecular formula is C34H42Cl2N2OS.